The SMILES string of the molecule is CC(C)(C)C(c1ccc(F)cc1)N1C(=O)[C@@H]2CC1CN2CC(N)C(=O)N1C(C#N)C[C@@H]2C[C@@H]21. The van der Waals surface area contributed by atoms with E-state index in [0.717, 1.165) is 18.4 Å². The molecule has 33 heavy (non-hydrogen) atoms. The van der Waals surface area contributed by atoms with Gasteiger partial charge in [0.15, 0.2) is 0 Å². The van der Waals surface area contributed by atoms with Gasteiger partial charge in [-0.05, 0) is 48.3 Å². The molecule has 176 valence electrons. The average Bonchev–Trinajstić information content (AvgIpc) is 3.09. The Balaban J connectivity index is 1.29. The number of halogens is 1. The number of piperidine rings is 1. The summed E-state index contributed by atoms with van der Waals surface area (Å²) >= 11 is 0. The summed E-state index contributed by atoms with van der Waals surface area (Å²) in [5, 5.41) is 9.40. The van der Waals surface area contributed by atoms with E-state index in [1.54, 1.807) is 17.0 Å². The molecular weight excluding hydrogens is 421 g/mol. The molecule has 7 nitrogen and oxygen atoms in total. The number of amides is 2. The van der Waals surface area contributed by atoms with Gasteiger partial charge in [0.1, 0.15) is 11.9 Å². The van der Waals surface area contributed by atoms with Crippen molar-refractivity contribution < 1.29 is 14.0 Å². The molecular formula is C25H32FN5O2. The van der Waals surface area contributed by atoms with Gasteiger partial charge >= 0.3 is 0 Å². The predicted octanol–water partition coefficient (Wildman–Crippen LogP) is 2.04. The van der Waals surface area contributed by atoms with Gasteiger partial charge in [-0.1, -0.05) is 32.9 Å². The van der Waals surface area contributed by atoms with Gasteiger partial charge < -0.3 is 15.5 Å². The molecule has 3 heterocycles. The molecule has 5 rings (SSSR count). The molecule has 2 N–H and O–H groups in total. The standard InChI is InChI=1S/C25H32FN5O2/c1-25(2,3)22(14-4-6-16(26)7-5-14)31-18-10-21(24(31)33)29(12-18)13-19(28)23(32)30-17(11-27)8-15-9-20(15)30/h4-7,15,17-22H,8-10,12-13,28H2,1-3H3/t15-,17?,18?,19?,20+,21+,22?/m1/s1. The lowest BCUT2D eigenvalue weighted by atomic mass is 9.80. The topological polar surface area (TPSA) is 93.7 Å². The van der Waals surface area contributed by atoms with Crippen molar-refractivity contribution in [2.75, 3.05) is 13.1 Å². The van der Waals surface area contributed by atoms with Crippen LogP contribution in [0.2, 0.25) is 0 Å². The van der Waals surface area contributed by atoms with Crippen molar-refractivity contribution in [2.24, 2.45) is 17.1 Å². The van der Waals surface area contributed by atoms with Crippen LogP contribution in [0.15, 0.2) is 24.3 Å². The Labute approximate surface area is 194 Å². The lowest BCUT2D eigenvalue weighted by Crippen LogP contribution is -2.58. The number of likely N-dealkylation sites (tertiary alicyclic amines) is 3. The molecule has 4 fully saturated rings. The lowest BCUT2D eigenvalue weighted by Gasteiger charge is -2.45. The first kappa shape index (κ1) is 22.3. The van der Waals surface area contributed by atoms with Crippen molar-refractivity contribution in [1.29, 1.82) is 5.26 Å². The van der Waals surface area contributed by atoms with E-state index in [4.69, 9.17) is 5.73 Å². The quantitative estimate of drug-likeness (QED) is 0.736. The molecule has 4 aliphatic rings. The maximum Gasteiger partial charge on any atom is 0.242 e. The van der Waals surface area contributed by atoms with Crippen LogP contribution >= 0.6 is 0 Å². The van der Waals surface area contributed by atoms with E-state index in [2.05, 4.69) is 26.8 Å². The van der Waals surface area contributed by atoms with Crippen LogP contribution in [0.3, 0.4) is 0 Å². The summed E-state index contributed by atoms with van der Waals surface area (Å²) < 4.78 is 13.5. The number of nitriles is 1. The molecule has 1 aliphatic carbocycles. The van der Waals surface area contributed by atoms with Crippen molar-refractivity contribution in [3.8, 4) is 6.07 Å². The second-order valence-electron chi connectivity index (χ2n) is 11.2. The highest BCUT2D eigenvalue weighted by atomic mass is 19.1. The van der Waals surface area contributed by atoms with Crippen LogP contribution < -0.4 is 5.73 Å². The summed E-state index contributed by atoms with van der Waals surface area (Å²) in [5.41, 5.74) is 7.02. The Morgan fingerprint density at radius 3 is 2.55 bits per heavy atom. The number of carbonyl (C=O) groups excluding carboxylic acids is 2. The van der Waals surface area contributed by atoms with Gasteiger partial charge in [-0.25, -0.2) is 4.39 Å². The first-order chi connectivity index (χ1) is 15.6. The second kappa shape index (κ2) is 7.78. The number of nitrogens with zero attached hydrogens (tertiary/aromatic N) is 4. The monoisotopic (exact) mass is 453 g/mol. The Kier molecular flexibility index (Phi) is 5.26. The van der Waals surface area contributed by atoms with Crippen molar-refractivity contribution in [2.45, 2.75) is 76.3 Å². The minimum atomic E-state index is -0.740. The summed E-state index contributed by atoms with van der Waals surface area (Å²) in [4.78, 5) is 32.3. The number of carbonyl (C=O) groups is 2. The Morgan fingerprint density at radius 1 is 1.24 bits per heavy atom. The van der Waals surface area contributed by atoms with E-state index in [0.29, 0.717) is 25.4 Å². The molecule has 0 spiro atoms. The Morgan fingerprint density at radius 2 is 1.94 bits per heavy atom. The first-order valence-corrected chi connectivity index (χ1v) is 11.9. The maximum absolute atomic E-state index is 13.5. The van der Waals surface area contributed by atoms with Gasteiger partial charge in [-0.3, -0.25) is 14.5 Å². The number of benzene rings is 1. The molecule has 0 radical (unpaired) electrons. The highest BCUT2D eigenvalue weighted by Crippen LogP contribution is 2.48. The zero-order chi connectivity index (χ0) is 23.7. The van der Waals surface area contributed by atoms with Gasteiger partial charge in [0.2, 0.25) is 11.8 Å². The van der Waals surface area contributed by atoms with Crippen LogP contribution in [0.4, 0.5) is 4.39 Å². The number of nitrogens with two attached hydrogens (primary N) is 1. The van der Waals surface area contributed by atoms with E-state index >= 15 is 0 Å². The van der Waals surface area contributed by atoms with E-state index in [1.807, 2.05) is 9.80 Å². The number of hydrogen-bond acceptors (Lipinski definition) is 5. The molecule has 1 aromatic rings. The fraction of sp³-hybridized carbons (Fsp3) is 0.640. The minimum absolute atomic E-state index is 0.0329. The number of hydrogen-bond donors (Lipinski definition) is 1. The van der Waals surface area contributed by atoms with E-state index in [1.165, 1.54) is 12.1 Å². The normalized spacial score (nSPS) is 32.6. The second-order valence-corrected chi connectivity index (χ2v) is 11.2. The highest BCUT2D eigenvalue weighted by Gasteiger charge is 2.56. The third kappa shape index (κ3) is 3.71. The van der Waals surface area contributed by atoms with Crippen LogP contribution in [0.5, 0.6) is 0 Å². The summed E-state index contributed by atoms with van der Waals surface area (Å²) in [5.74, 6) is 0.0372. The van der Waals surface area contributed by atoms with E-state index in [9.17, 15) is 19.2 Å². The van der Waals surface area contributed by atoms with Gasteiger partial charge in [0.25, 0.3) is 0 Å². The molecule has 3 aliphatic heterocycles. The van der Waals surface area contributed by atoms with Crippen molar-refractivity contribution in [3.63, 3.8) is 0 Å². The van der Waals surface area contributed by atoms with Gasteiger partial charge in [0, 0.05) is 25.2 Å². The Hall–Kier alpha value is -2.50. The summed E-state index contributed by atoms with van der Waals surface area (Å²) in [6, 6.07) is 7.30. The number of fused-ring (bicyclic) bond motifs is 3. The number of piperazine rings is 1. The zero-order valence-corrected chi connectivity index (χ0v) is 19.4. The fourth-order valence-electron chi connectivity index (χ4n) is 6.36. The summed E-state index contributed by atoms with van der Waals surface area (Å²) in [6.07, 6.45) is 2.43. The van der Waals surface area contributed by atoms with E-state index in [-0.39, 0.29) is 53.3 Å². The largest absolute Gasteiger partial charge is 0.329 e. The van der Waals surface area contributed by atoms with Crippen molar-refractivity contribution >= 4 is 11.8 Å². The maximum atomic E-state index is 13.5. The third-order valence-corrected chi connectivity index (χ3v) is 7.85. The highest BCUT2D eigenvalue weighted by molar-refractivity contribution is 5.87. The minimum Gasteiger partial charge on any atom is -0.329 e. The average molecular weight is 454 g/mol. The third-order valence-electron chi connectivity index (χ3n) is 7.85. The summed E-state index contributed by atoms with van der Waals surface area (Å²) in [7, 11) is 0. The smallest absolute Gasteiger partial charge is 0.242 e. The molecule has 2 amide bonds. The van der Waals surface area contributed by atoms with Crippen LogP contribution in [-0.4, -0.2) is 69.8 Å². The summed E-state index contributed by atoms with van der Waals surface area (Å²) in [6.45, 7) is 7.28. The van der Waals surface area contributed by atoms with Crippen LogP contribution in [-0.2, 0) is 9.59 Å². The van der Waals surface area contributed by atoms with Crippen molar-refractivity contribution in [1.82, 2.24) is 14.7 Å². The molecule has 4 unspecified atom stereocenters. The lowest BCUT2D eigenvalue weighted by molar-refractivity contribution is -0.143. The van der Waals surface area contributed by atoms with Gasteiger partial charge in [-0.15, -0.1) is 0 Å². The predicted molar refractivity (Wildman–Crippen MR) is 120 cm³/mol. The molecule has 1 saturated carbocycles. The van der Waals surface area contributed by atoms with Crippen LogP contribution in [0.25, 0.3) is 0 Å². The van der Waals surface area contributed by atoms with Crippen molar-refractivity contribution in [3.05, 3.63) is 35.6 Å². The number of rotatable bonds is 5. The van der Waals surface area contributed by atoms with Gasteiger partial charge in [-0.2, -0.15) is 5.26 Å². The zero-order valence-electron chi connectivity index (χ0n) is 19.4. The molecule has 1 aromatic carbocycles. The van der Waals surface area contributed by atoms with E-state index < -0.39 is 6.04 Å². The fourth-order valence-corrected chi connectivity index (χ4v) is 6.36. The molecule has 0 aromatic heterocycles. The van der Waals surface area contributed by atoms with Crippen LogP contribution in [0.1, 0.15) is 51.6 Å². The first-order valence-electron chi connectivity index (χ1n) is 11.9. The molecule has 3 saturated heterocycles. The Bertz CT molecular complexity index is 1000. The van der Waals surface area contributed by atoms with Gasteiger partial charge in [0.05, 0.1) is 24.2 Å². The molecule has 7 atom stereocenters. The molecule has 2 bridgehead atoms. The van der Waals surface area contributed by atoms with Crippen LogP contribution in [0, 0.1) is 28.5 Å². The molecule has 8 heteroatoms.